The molecule has 0 spiro atoms. The summed E-state index contributed by atoms with van der Waals surface area (Å²) >= 11 is 0. The number of ether oxygens (including phenoxy) is 2. The number of rotatable bonds is 6. The standard InChI is InChI=1S/C13H24O2/c1-3-4-5-8-12(2)11-15-13-9-6-7-10-14-13/h8,13H,3-7,9-11H2,1-2H3/b12-8-. The summed E-state index contributed by atoms with van der Waals surface area (Å²) in [7, 11) is 0. The molecule has 0 aromatic rings. The highest BCUT2D eigenvalue weighted by Crippen LogP contribution is 2.14. The molecule has 0 aliphatic carbocycles. The molecule has 0 saturated carbocycles. The topological polar surface area (TPSA) is 18.5 Å². The molecular weight excluding hydrogens is 188 g/mol. The molecule has 2 heteroatoms. The number of allylic oxidation sites excluding steroid dienone is 1. The summed E-state index contributed by atoms with van der Waals surface area (Å²) < 4.78 is 11.2. The van der Waals surface area contributed by atoms with Crippen LogP contribution in [0.2, 0.25) is 0 Å². The van der Waals surface area contributed by atoms with Crippen LogP contribution in [0.5, 0.6) is 0 Å². The third-order valence-corrected chi connectivity index (χ3v) is 2.69. The van der Waals surface area contributed by atoms with Gasteiger partial charge in [-0.3, -0.25) is 0 Å². The second kappa shape index (κ2) is 7.89. The summed E-state index contributed by atoms with van der Waals surface area (Å²) in [5.74, 6) is 0. The molecule has 0 radical (unpaired) electrons. The van der Waals surface area contributed by atoms with E-state index in [1.165, 1.54) is 37.7 Å². The molecule has 1 atom stereocenters. The van der Waals surface area contributed by atoms with Gasteiger partial charge in [0.15, 0.2) is 6.29 Å². The summed E-state index contributed by atoms with van der Waals surface area (Å²) in [6.45, 7) is 5.95. The first-order valence-electron chi connectivity index (χ1n) is 6.21. The first kappa shape index (κ1) is 12.7. The van der Waals surface area contributed by atoms with Crippen LogP contribution in [0.3, 0.4) is 0 Å². The molecule has 1 unspecified atom stereocenters. The molecule has 1 fully saturated rings. The smallest absolute Gasteiger partial charge is 0.158 e. The van der Waals surface area contributed by atoms with Gasteiger partial charge in [0.2, 0.25) is 0 Å². The molecule has 0 amide bonds. The summed E-state index contributed by atoms with van der Waals surface area (Å²) in [6, 6.07) is 0. The average molecular weight is 212 g/mol. The Balaban J connectivity index is 2.09. The van der Waals surface area contributed by atoms with Crippen molar-refractivity contribution < 1.29 is 9.47 Å². The van der Waals surface area contributed by atoms with E-state index in [1.54, 1.807) is 0 Å². The molecule has 15 heavy (non-hydrogen) atoms. The predicted octanol–water partition coefficient (Wildman–Crippen LogP) is 3.67. The minimum atomic E-state index is 0.0493. The highest BCUT2D eigenvalue weighted by molar-refractivity contribution is 4.97. The van der Waals surface area contributed by atoms with Crippen molar-refractivity contribution in [3.63, 3.8) is 0 Å². The average Bonchev–Trinajstić information content (AvgIpc) is 2.28. The third-order valence-electron chi connectivity index (χ3n) is 2.69. The number of hydrogen-bond donors (Lipinski definition) is 0. The fraction of sp³-hybridized carbons (Fsp3) is 0.846. The Labute approximate surface area is 93.7 Å². The van der Waals surface area contributed by atoms with Gasteiger partial charge >= 0.3 is 0 Å². The lowest BCUT2D eigenvalue weighted by molar-refractivity contribution is -0.156. The van der Waals surface area contributed by atoms with E-state index in [9.17, 15) is 0 Å². The van der Waals surface area contributed by atoms with Gasteiger partial charge in [-0.25, -0.2) is 0 Å². The summed E-state index contributed by atoms with van der Waals surface area (Å²) in [6.07, 6.45) is 9.53. The second-order valence-corrected chi connectivity index (χ2v) is 4.30. The Kier molecular flexibility index (Phi) is 6.69. The molecule has 0 aromatic heterocycles. The fourth-order valence-corrected chi connectivity index (χ4v) is 1.68. The highest BCUT2D eigenvalue weighted by Gasteiger charge is 2.13. The molecule has 2 nitrogen and oxygen atoms in total. The van der Waals surface area contributed by atoms with Crippen molar-refractivity contribution in [3.8, 4) is 0 Å². The maximum absolute atomic E-state index is 5.68. The molecule has 0 N–H and O–H groups in total. The van der Waals surface area contributed by atoms with Crippen LogP contribution in [0.4, 0.5) is 0 Å². The Hall–Kier alpha value is -0.340. The van der Waals surface area contributed by atoms with Gasteiger partial charge in [0, 0.05) is 6.61 Å². The summed E-state index contributed by atoms with van der Waals surface area (Å²) in [5.41, 5.74) is 1.33. The lowest BCUT2D eigenvalue weighted by Crippen LogP contribution is -2.22. The Morgan fingerprint density at radius 2 is 2.33 bits per heavy atom. The predicted molar refractivity (Wildman–Crippen MR) is 62.8 cm³/mol. The second-order valence-electron chi connectivity index (χ2n) is 4.30. The minimum Gasteiger partial charge on any atom is -0.353 e. The first-order chi connectivity index (χ1) is 7.33. The Morgan fingerprint density at radius 3 is 3.00 bits per heavy atom. The van der Waals surface area contributed by atoms with Gasteiger partial charge in [0.1, 0.15) is 0 Å². The van der Waals surface area contributed by atoms with Crippen LogP contribution in [-0.4, -0.2) is 19.5 Å². The van der Waals surface area contributed by atoms with E-state index in [4.69, 9.17) is 9.47 Å². The van der Waals surface area contributed by atoms with Gasteiger partial charge in [-0.05, 0) is 32.6 Å². The lowest BCUT2D eigenvalue weighted by Gasteiger charge is -2.22. The van der Waals surface area contributed by atoms with E-state index < -0.39 is 0 Å². The van der Waals surface area contributed by atoms with Crippen molar-refractivity contribution in [2.75, 3.05) is 13.2 Å². The van der Waals surface area contributed by atoms with E-state index in [-0.39, 0.29) is 6.29 Å². The molecule has 0 bridgehead atoms. The monoisotopic (exact) mass is 212 g/mol. The highest BCUT2D eigenvalue weighted by atomic mass is 16.7. The minimum absolute atomic E-state index is 0.0493. The van der Waals surface area contributed by atoms with Gasteiger partial charge in [-0.1, -0.05) is 31.4 Å². The number of unbranched alkanes of at least 4 members (excludes halogenated alkanes) is 2. The third kappa shape index (κ3) is 5.95. The van der Waals surface area contributed by atoms with Crippen molar-refractivity contribution in [3.05, 3.63) is 11.6 Å². The van der Waals surface area contributed by atoms with E-state index >= 15 is 0 Å². The summed E-state index contributed by atoms with van der Waals surface area (Å²) in [5, 5.41) is 0. The van der Waals surface area contributed by atoms with Crippen molar-refractivity contribution in [1.29, 1.82) is 0 Å². The van der Waals surface area contributed by atoms with Crippen LogP contribution in [-0.2, 0) is 9.47 Å². The largest absolute Gasteiger partial charge is 0.353 e. The molecule has 88 valence electrons. The first-order valence-corrected chi connectivity index (χ1v) is 6.21. The zero-order valence-electron chi connectivity index (χ0n) is 10.1. The number of hydrogen-bond acceptors (Lipinski definition) is 2. The molecule has 0 aromatic carbocycles. The van der Waals surface area contributed by atoms with Crippen LogP contribution in [0.15, 0.2) is 11.6 Å². The zero-order chi connectivity index (χ0) is 10.9. The van der Waals surface area contributed by atoms with Crippen molar-refractivity contribution in [2.45, 2.75) is 58.7 Å². The Bertz CT molecular complexity index is 181. The van der Waals surface area contributed by atoms with Crippen LogP contribution in [0, 0.1) is 0 Å². The van der Waals surface area contributed by atoms with E-state index in [2.05, 4.69) is 19.9 Å². The van der Waals surface area contributed by atoms with Gasteiger partial charge in [0.05, 0.1) is 6.61 Å². The molecular formula is C13H24O2. The van der Waals surface area contributed by atoms with Gasteiger partial charge in [-0.15, -0.1) is 0 Å². The van der Waals surface area contributed by atoms with Crippen LogP contribution in [0.25, 0.3) is 0 Å². The normalized spacial score (nSPS) is 23.1. The van der Waals surface area contributed by atoms with Crippen LogP contribution in [0.1, 0.15) is 52.4 Å². The van der Waals surface area contributed by atoms with Crippen LogP contribution >= 0.6 is 0 Å². The lowest BCUT2D eigenvalue weighted by atomic mass is 10.2. The SMILES string of the molecule is CCCC/C=C(/C)COC1CCCCO1. The van der Waals surface area contributed by atoms with Gasteiger partial charge in [0.25, 0.3) is 0 Å². The molecule has 1 rings (SSSR count). The van der Waals surface area contributed by atoms with Crippen LogP contribution < -0.4 is 0 Å². The van der Waals surface area contributed by atoms with E-state index in [0.717, 1.165) is 19.6 Å². The maximum atomic E-state index is 5.68. The van der Waals surface area contributed by atoms with Gasteiger partial charge < -0.3 is 9.47 Å². The molecule has 1 aliphatic rings. The maximum Gasteiger partial charge on any atom is 0.158 e. The fourth-order valence-electron chi connectivity index (χ4n) is 1.68. The molecule has 1 heterocycles. The van der Waals surface area contributed by atoms with Crippen molar-refractivity contribution in [1.82, 2.24) is 0 Å². The van der Waals surface area contributed by atoms with E-state index in [0.29, 0.717) is 0 Å². The Morgan fingerprint density at radius 1 is 1.47 bits per heavy atom. The van der Waals surface area contributed by atoms with Gasteiger partial charge in [-0.2, -0.15) is 0 Å². The van der Waals surface area contributed by atoms with E-state index in [1.807, 2.05) is 0 Å². The molecule has 1 aliphatic heterocycles. The zero-order valence-corrected chi connectivity index (χ0v) is 10.1. The quantitative estimate of drug-likeness (QED) is 0.494. The summed E-state index contributed by atoms with van der Waals surface area (Å²) in [4.78, 5) is 0. The van der Waals surface area contributed by atoms with Crippen molar-refractivity contribution in [2.24, 2.45) is 0 Å². The molecule has 1 saturated heterocycles. The van der Waals surface area contributed by atoms with Crippen molar-refractivity contribution >= 4 is 0 Å².